The maximum absolute atomic E-state index is 5.59. The van der Waals surface area contributed by atoms with Crippen LogP contribution in [-0.4, -0.2) is 19.2 Å². The monoisotopic (exact) mass is 236 g/mol. The van der Waals surface area contributed by atoms with Crippen molar-refractivity contribution in [2.75, 3.05) is 18.4 Å². The van der Waals surface area contributed by atoms with Crippen LogP contribution in [0.1, 0.15) is 0 Å². The van der Waals surface area contributed by atoms with Gasteiger partial charge >= 0.3 is 0 Å². The minimum absolute atomic E-state index is 0. The number of benzene rings is 1. The van der Waals surface area contributed by atoms with Gasteiger partial charge in [-0.1, -0.05) is 12.1 Å². The van der Waals surface area contributed by atoms with E-state index in [9.17, 15) is 0 Å². The SMILES string of the molecule is Cl.Cl.NCC1CNc2ccccc2O1. The Bertz CT molecular complexity index is 283. The highest BCUT2D eigenvalue weighted by Crippen LogP contribution is 2.27. The lowest BCUT2D eigenvalue weighted by Crippen LogP contribution is -2.36. The highest BCUT2D eigenvalue weighted by Gasteiger charge is 2.16. The molecule has 80 valence electrons. The zero-order valence-corrected chi connectivity index (χ0v) is 9.24. The Morgan fingerprint density at radius 2 is 2.07 bits per heavy atom. The van der Waals surface area contributed by atoms with Gasteiger partial charge in [0, 0.05) is 6.54 Å². The van der Waals surface area contributed by atoms with Gasteiger partial charge in [0.05, 0.1) is 12.2 Å². The average Bonchev–Trinajstić information content (AvgIpc) is 2.17. The number of anilines is 1. The standard InChI is InChI=1S/C9H12N2O.2ClH/c10-5-7-6-11-8-3-1-2-4-9(8)12-7;;/h1-4,7,11H,5-6,10H2;2*1H. The molecule has 0 saturated carbocycles. The van der Waals surface area contributed by atoms with E-state index in [2.05, 4.69) is 5.32 Å². The van der Waals surface area contributed by atoms with Gasteiger partial charge in [0.15, 0.2) is 0 Å². The Morgan fingerprint density at radius 1 is 1.36 bits per heavy atom. The van der Waals surface area contributed by atoms with Crippen molar-refractivity contribution in [3.8, 4) is 5.75 Å². The number of nitrogens with two attached hydrogens (primary N) is 1. The smallest absolute Gasteiger partial charge is 0.142 e. The summed E-state index contributed by atoms with van der Waals surface area (Å²) in [6.45, 7) is 1.36. The number of ether oxygens (including phenoxy) is 1. The molecule has 1 aromatic carbocycles. The Hall–Kier alpha value is -0.640. The van der Waals surface area contributed by atoms with Crippen molar-refractivity contribution in [2.45, 2.75) is 6.10 Å². The van der Waals surface area contributed by atoms with Crippen LogP contribution in [0.2, 0.25) is 0 Å². The van der Waals surface area contributed by atoms with E-state index in [1.807, 2.05) is 24.3 Å². The molecule has 0 aromatic heterocycles. The van der Waals surface area contributed by atoms with Crippen molar-refractivity contribution < 1.29 is 4.74 Å². The van der Waals surface area contributed by atoms with Crippen molar-refractivity contribution >= 4 is 30.5 Å². The predicted molar refractivity (Wildman–Crippen MR) is 62.9 cm³/mol. The lowest BCUT2D eigenvalue weighted by molar-refractivity contribution is 0.214. The van der Waals surface area contributed by atoms with Crippen LogP contribution < -0.4 is 15.8 Å². The summed E-state index contributed by atoms with van der Waals surface area (Å²) in [5, 5.41) is 3.26. The fourth-order valence-corrected chi connectivity index (χ4v) is 1.29. The largest absolute Gasteiger partial charge is 0.485 e. The van der Waals surface area contributed by atoms with Crippen LogP contribution in [0.25, 0.3) is 0 Å². The lowest BCUT2D eigenvalue weighted by Gasteiger charge is -2.26. The van der Waals surface area contributed by atoms with Gasteiger partial charge in [-0.05, 0) is 12.1 Å². The molecule has 1 atom stereocenters. The summed E-state index contributed by atoms with van der Waals surface area (Å²) in [6.07, 6.45) is 0.111. The minimum atomic E-state index is 0. The van der Waals surface area contributed by atoms with E-state index >= 15 is 0 Å². The summed E-state index contributed by atoms with van der Waals surface area (Å²) in [6, 6.07) is 7.89. The van der Waals surface area contributed by atoms with E-state index in [4.69, 9.17) is 10.5 Å². The van der Waals surface area contributed by atoms with Crippen LogP contribution >= 0.6 is 24.8 Å². The third kappa shape index (κ3) is 2.67. The highest BCUT2D eigenvalue weighted by atomic mass is 35.5. The minimum Gasteiger partial charge on any atom is -0.485 e. The molecule has 0 spiro atoms. The Labute approximate surface area is 95.8 Å². The second-order valence-electron chi connectivity index (χ2n) is 2.85. The van der Waals surface area contributed by atoms with Gasteiger partial charge in [0.2, 0.25) is 0 Å². The second-order valence-corrected chi connectivity index (χ2v) is 2.85. The van der Waals surface area contributed by atoms with Gasteiger partial charge in [0.25, 0.3) is 0 Å². The van der Waals surface area contributed by atoms with E-state index in [0.717, 1.165) is 18.0 Å². The first kappa shape index (κ1) is 13.4. The van der Waals surface area contributed by atoms with Crippen molar-refractivity contribution in [3.63, 3.8) is 0 Å². The first-order chi connectivity index (χ1) is 5.90. The molecule has 3 N–H and O–H groups in total. The number of rotatable bonds is 1. The van der Waals surface area contributed by atoms with Gasteiger partial charge in [-0.2, -0.15) is 0 Å². The molecule has 14 heavy (non-hydrogen) atoms. The van der Waals surface area contributed by atoms with Crippen LogP contribution in [0, 0.1) is 0 Å². The van der Waals surface area contributed by atoms with Crippen molar-refractivity contribution in [2.24, 2.45) is 5.73 Å². The van der Waals surface area contributed by atoms with Crippen molar-refractivity contribution in [3.05, 3.63) is 24.3 Å². The van der Waals surface area contributed by atoms with Gasteiger partial charge in [0.1, 0.15) is 11.9 Å². The predicted octanol–water partition coefficient (Wildman–Crippen LogP) is 1.66. The number of halogens is 2. The summed E-state index contributed by atoms with van der Waals surface area (Å²) in [4.78, 5) is 0. The molecule has 0 aliphatic carbocycles. The number of nitrogens with one attached hydrogen (secondary N) is 1. The Balaban J connectivity index is 0.000000845. The number of para-hydroxylation sites is 2. The number of hydrogen-bond donors (Lipinski definition) is 2. The summed E-state index contributed by atoms with van der Waals surface area (Å²) in [5.74, 6) is 0.902. The fraction of sp³-hybridized carbons (Fsp3) is 0.333. The molecule has 1 unspecified atom stereocenters. The van der Waals surface area contributed by atoms with Crippen molar-refractivity contribution in [1.82, 2.24) is 0 Å². The van der Waals surface area contributed by atoms with E-state index in [1.165, 1.54) is 0 Å². The quantitative estimate of drug-likeness (QED) is 0.780. The lowest BCUT2D eigenvalue weighted by atomic mass is 10.2. The van der Waals surface area contributed by atoms with Gasteiger partial charge in [-0.3, -0.25) is 0 Å². The topological polar surface area (TPSA) is 47.3 Å². The van der Waals surface area contributed by atoms with E-state index < -0.39 is 0 Å². The third-order valence-corrected chi connectivity index (χ3v) is 1.96. The molecule has 3 nitrogen and oxygen atoms in total. The maximum atomic E-state index is 5.59. The van der Waals surface area contributed by atoms with E-state index in [1.54, 1.807) is 0 Å². The fourth-order valence-electron chi connectivity index (χ4n) is 1.29. The zero-order valence-electron chi connectivity index (χ0n) is 7.60. The van der Waals surface area contributed by atoms with Crippen LogP contribution in [-0.2, 0) is 0 Å². The molecule has 1 aliphatic rings. The molecule has 2 rings (SSSR count). The molecule has 0 fully saturated rings. The summed E-state index contributed by atoms with van der Waals surface area (Å²) < 4.78 is 5.59. The molecular weight excluding hydrogens is 223 g/mol. The normalized spacial score (nSPS) is 17.6. The molecule has 0 bridgehead atoms. The average molecular weight is 237 g/mol. The summed E-state index contributed by atoms with van der Waals surface area (Å²) >= 11 is 0. The van der Waals surface area contributed by atoms with Gasteiger partial charge in [-0.25, -0.2) is 0 Å². The Morgan fingerprint density at radius 3 is 2.79 bits per heavy atom. The summed E-state index contributed by atoms with van der Waals surface area (Å²) in [7, 11) is 0. The van der Waals surface area contributed by atoms with E-state index in [0.29, 0.717) is 6.54 Å². The first-order valence-electron chi connectivity index (χ1n) is 4.10. The Kier molecular flexibility index (Phi) is 5.69. The molecule has 0 radical (unpaired) electrons. The molecule has 0 saturated heterocycles. The highest BCUT2D eigenvalue weighted by molar-refractivity contribution is 5.85. The second kappa shape index (κ2) is 5.96. The van der Waals surface area contributed by atoms with Crippen LogP contribution in [0.15, 0.2) is 24.3 Å². The van der Waals surface area contributed by atoms with Crippen LogP contribution in [0.4, 0.5) is 5.69 Å². The molecule has 0 amide bonds. The zero-order chi connectivity index (χ0) is 8.39. The molecule has 1 aromatic rings. The van der Waals surface area contributed by atoms with Crippen LogP contribution in [0.3, 0.4) is 0 Å². The van der Waals surface area contributed by atoms with Gasteiger partial charge in [-0.15, -0.1) is 24.8 Å². The number of hydrogen-bond acceptors (Lipinski definition) is 3. The summed E-state index contributed by atoms with van der Waals surface area (Å²) in [5.41, 5.74) is 6.55. The van der Waals surface area contributed by atoms with E-state index in [-0.39, 0.29) is 30.9 Å². The molecule has 1 heterocycles. The molecular formula is C9H14Cl2N2O. The molecule has 5 heteroatoms. The number of fused-ring (bicyclic) bond motifs is 1. The third-order valence-electron chi connectivity index (χ3n) is 1.96. The first-order valence-corrected chi connectivity index (χ1v) is 4.10. The van der Waals surface area contributed by atoms with Crippen LogP contribution in [0.5, 0.6) is 5.75 Å². The molecule has 1 aliphatic heterocycles. The van der Waals surface area contributed by atoms with Crippen molar-refractivity contribution in [1.29, 1.82) is 0 Å². The van der Waals surface area contributed by atoms with Gasteiger partial charge < -0.3 is 15.8 Å². The maximum Gasteiger partial charge on any atom is 0.142 e.